The smallest absolute Gasteiger partial charge is 0.252 e. The lowest BCUT2D eigenvalue weighted by molar-refractivity contribution is -0.118. The average molecular weight is 418 g/mol. The molecular formula is C25H27N3O3. The molecule has 0 aliphatic heterocycles. The number of carbonyl (C=O) groups is 2. The fourth-order valence-electron chi connectivity index (χ4n) is 3.07. The second-order valence-corrected chi connectivity index (χ2v) is 7.66. The molecule has 1 atom stereocenters. The summed E-state index contributed by atoms with van der Waals surface area (Å²) in [7, 11) is 0. The molecule has 0 aliphatic carbocycles. The number of amides is 2. The molecule has 6 nitrogen and oxygen atoms in total. The van der Waals surface area contributed by atoms with Gasteiger partial charge in [-0.25, -0.2) is 4.98 Å². The topological polar surface area (TPSA) is 80.3 Å². The fraction of sp³-hybridized carbons (Fsp3) is 0.240. The molecule has 2 aromatic carbocycles. The Balaban J connectivity index is 1.60. The van der Waals surface area contributed by atoms with Gasteiger partial charge in [-0.15, -0.1) is 0 Å². The molecule has 2 amide bonds. The molecule has 0 saturated carbocycles. The monoisotopic (exact) mass is 417 g/mol. The normalized spacial score (nSPS) is 11.6. The van der Waals surface area contributed by atoms with Crippen LogP contribution in [-0.4, -0.2) is 22.8 Å². The van der Waals surface area contributed by atoms with Crippen LogP contribution in [0.1, 0.15) is 35.3 Å². The van der Waals surface area contributed by atoms with E-state index in [-0.39, 0.29) is 17.7 Å². The Morgan fingerprint density at radius 1 is 0.968 bits per heavy atom. The van der Waals surface area contributed by atoms with Gasteiger partial charge in [0, 0.05) is 11.6 Å². The van der Waals surface area contributed by atoms with Gasteiger partial charge in [-0.3, -0.25) is 9.59 Å². The van der Waals surface area contributed by atoms with Gasteiger partial charge >= 0.3 is 0 Å². The highest BCUT2D eigenvalue weighted by Gasteiger charge is 2.25. The number of hydrogen-bond donors (Lipinski definition) is 2. The van der Waals surface area contributed by atoms with E-state index >= 15 is 0 Å². The predicted octanol–water partition coefficient (Wildman–Crippen LogP) is 4.36. The fourth-order valence-corrected chi connectivity index (χ4v) is 3.07. The van der Waals surface area contributed by atoms with E-state index in [1.807, 2.05) is 63.2 Å². The Bertz CT molecular complexity index is 1020. The molecule has 1 heterocycles. The van der Waals surface area contributed by atoms with E-state index in [4.69, 9.17) is 4.74 Å². The first-order valence-electron chi connectivity index (χ1n) is 10.2. The zero-order chi connectivity index (χ0) is 22.2. The van der Waals surface area contributed by atoms with Gasteiger partial charge in [0.2, 0.25) is 11.8 Å². The largest absolute Gasteiger partial charge is 0.473 e. The van der Waals surface area contributed by atoms with Crippen LogP contribution >= 0.6 is 0 Å². The van der Waals surface area contributed by atoms with Gasteiger partial charge in [0.15, 0.2) is 0 Å². The molecule has 0 spiro atoms. The number of nitrogens with one attached hydrogen (secondary N) is 2. The zero-order valence-electron chi connectivity index (χ0n) is 18.0. The van der Waals surface area contributed by atoms with Crippen molar-refractivity contribution in [3.8, 4) is 5.88 Å². The van der Waals surface area contributed by atoms with Crippen LogP contribution in [0.4, 0.5) is 5.69 Å². The maximum Gasteiger partial charge on any atom is 0.252 e. The van der Waals surface area contributed by atoms with E-state index in [2.05, 4.69) is 15.6 Å². The zero-order valence-corrected chi connectivity index (χ0v) is 18.0. The maximum absolute atomic E-state index is 12.8. The van der Waals surface area contributed by atoms with Gasteiger partial charge in [-0.05, 0) is 36.1 Å². The van der Waals surface area contributed by atoms with Gasteiger partial charge in [0.05, 0.1) is 11.9 Å². The minimum Gasteiger partial charge on any atom is -0.473 e. The molecule has 1 unspecified atom stereocenters. The number of anilines is 1. The molecule has 0 fully saturated rings. The van der Waals surface area contributed by atoms with Gasteiger partial charge < -0.3 is 15.4 Å². The van der Waals surface area contributed by atoms with Crippen molar-refractivity contribution in [3.63, 3.8) is 0 Å². The molecule has 160 valence electrons. The van der Waals surface area contributed by atoms with Crippen molar-refractivity contribution in [3.05, 3.63) is 89.6 Å². The molecule has 3 rings (SSSR count). The van der Waals surface area contributed by atoms with Crippen molar-refractivity contribution in [1.82, 2.24) is 10.3 Å². The van der Waals surface area contributed by atoms with Gasteiger partial charge in [0.25, 0.3) is 5.91 Å². The molecule has 31 heavy (non-hydrogen) atoms. The summed E-state index contributed by atoms with van der Waals surface area (Å²) in [4.78, 5) is 29.7. The van der Waals surface area contributed by atoms with Crippen molar-refractivity contribution in [2.75, 3.05) is 5.32 Å². The third kappa shape index (κ3) is 6.15. The molecule has 0 saturated heterocycles. The Morgan fingerprint density at radius 2 is 1.68 bits per heavy atom. The van der Waals surface area contributed by atoms with E-state index in [0.29, 0.717) is 23.7 Å². The SMILES string of the molecule is Cc1ccccc1C(=O)NC(C(=O)Nc1ccc(OCc2ccccc2)nc1)C(C)C. The van der Waals surface area contributed by atoms with Gasteiger partial charge in [0.1, 0.15) is 12.6 Å². The van der Waals surface area contributed by atoms with Crippen molar-refractivity contribution in [2.24, 2.45) is 5.92 Å². The number of nitrogens with zero attached hydrogens (tertiary/aromatic N) is 1. The minimum absolute atomic E-state index is 0.0885. The van der Waals surface area contributed by atoms with Crippen molar-refractivity contribution in [1.29, 1.82) is 0 Å². The van der Waals surface area contributed by atoms with E-state index < -0.39 is 6.04 Å². The summed E-state index contributed by atoms with van der Waals surface area (Å²) >= 11 is 0. The lowest BCUT2D eigenvalue weighted by Gasteiger charge is -2.22. The van der Waals surface area contributed by atoms with Crippen LogP contribution in [0.3, 0.4) is 0 Å². The summed E-state index contributed by atoms with van der Waals surface area (Å²) < 4.78 is 5.67. The van der Waals surface area contributed by atoms with E-state index in [1.165, 1.54) is 0 Å². The number of hydrogen-bond acceptors (Lipinski definition) is 4. The number of ether oxygens (including phenoxy) is 1. The molecule has 1 aromatic heterocycles. The standard InChI is InChI=1S/C25H27N3O3/c1-17(2)23(28-24(29)21-12-8-7-9-18(21)3)25(30)27-20-13-14-22(26-15-20)31-16-19-10-5-4-6-11-19/h4-15,17,23H,16H2,1-3H3,(H,27,30)(H,28,29). The highest BCUT2D eigenvalue weighted by atomic mass is 16.5. The van der Waals surface area contributed by atoms with Gasteiger partial charge in [-0.2, -0.15) is 0 Å². The Kier molecular flexibility index (Phi) is 7.38. The number of carbonyl (C=O) groups excluding carboxylic acids is 2. The summed E-state index contributed by atoms with van der Waals surface area (Å²) in [5.41, 5.74) is 3.00. The lowest BCUT2D eigenvalue weighted by Crippen LogP contribution is -2.47. The molecule has 0 bridgehead atoms. The maximum atomic E-state index is 12.8. The Morgan fingerprint density at radius 3 is 2.32 bits per heavy atom. The number of rotatable bonds is 8. The second-order valence-electron chi connectivity index (χ2n) is 7.66. The molecular weight excluding hydrogens is 390 g/mol. The number of aromatic nitrogens is 1. The van der Waals surface area contributed by atoms with Gasteiger partial charge in [-0.1, -0.05) is 62.4 Å². The molecule has 0 radical (unpaired) electrons. The molecule has 0 aliphatic rings. The van der Waals surface area contributed by atoms with Crippen molar-refractivity contribution in [2.45, 2.75) is 33.4 Å². The van der Waals surface area contributed by atoms with E-state index in [9.17, 15) is 9.59 Å². The second kappa shape index (κ2) is 10.4. The Labute approximate surface area is 182 Å². The van der Waals surface area contributed by atoms with E-state index in [1.54, 1.807) is 30.5 Å². The first kappa shape index (κ1) is 22.0. The third-order valence-electron chi connectivity index (χ3n) is 4.86. The average Bonchev–Trinajstić information content (AvgIpc) is 2.77. The quantitative estimate of drug-likeness (QED) is 0.571. The lowest BCUT2D eigenvalue weighted by atomic mass is 10.0. The van der Waals surface area contributed by atoms with Crippen molar-refractivity contribution >= 4 is 17.5 Å². The third-order valence-corrected chi connectivity index (χ3v) is 4.86. The Hall–Kier alpha value is -3.67. The number of benzene rings is 2. The van der Waals surface area contributed by atoms with Crippen LogP contribution in [0.5, 0.6) is 5.88 Å². The van der Waals surface area contributed by atoms with Crippen LogP contribution in [-0.2, 0) is 11.4 Å². The number of pyridine rings is 1. The highest BCUT2D eigenvalue weighted by molar-refractivity contribution is 6.01. The summed E-state index contributed by atoms with van der Waals surface area (Å²) in [5, 5.41) is 5.67. The van der Waals surface area contributed by atoms with Crippen LogP contribution in [0, 0.1) is 12.8 Å². The molecule has 6 heteroatoms. The van der Waals surface area contributed by atoms with Crippen molar-refractivity contribution < 1.29 is 14.3 Å². The summed E-state index contributed by atoms with van der Waals surface area (Å²) in [5.74, 6) is -0.184. The van der Waals surface area contributed by atoms with Crippen LogP contribution in [0.15, 0.2) is 72.9 Å². The summed E-state index contributed by atoms with van der Waals surface area (Å²) in [6, 6.07) is 19.9. The predicted molar refractivity (Wildman–Crippen MR) is 121 cm³/mol. The molecule has 2 N–H and O–H groups in total. The van der Waals surface area contributed by atoms with Crippen LogP contribution < -0.4 is 15.4 Å². The highest BCUT2D eigenvalue weighted by Crippen LogP contribution is 2.15. The number of aryl methyl sites for hydroxylation is 1. The minimum atomic E-state index is -0.680. The first-order chi connectivity index (χ1) is 14.9. The van der Waals surface area contributed by atoms with Crippen LogP contribution in [0.2, 0.25) is 0 Å². The van der Waals surface area contributed by atoms with Crippen LogP contribution in [0.25, 0.3) is 0 Å². The molecule has 3 aromatic rings. The van der Waals surface area contributed by atoms with E-state index in [0.717, 1.165) is 11.1 Å². The summed E-state index contributed by atoms with van der Waals surface area (Å²) in [6.45, 7) is 6.06. The first-order valence-corrected chi connectivity index (χ1v) is 10.2. The summed E-state index contributed by atoms with van der Waals surface area (Å²) in [6.07, 6.45) is 1.54.